The van der Waals surface area contributed by atoms with E-state index in [1.807, 2.05) is 13.8 Å². The summed E-state index contributed by atoms with van der Waals surface area (Å²) in [5.74, 6) is -0.846. The van der Waals surface area contributed by atoms with Gasteiger partial charge in [-0.2, -0.15) is 0 Å². The number of ether oxygens (including phenoxy) is 1. The zero-order chi connectivity index (χ0) is 15.0. The van der Waals surface area contributed by atoms with Crippen molar-refractivity contribution in [2.24, 2.45) is 5.92 Å². The van der Waals surface area contributed by atoms with Crippen LogP contribution in [0.1, 0.15) is 13.8 Å². The number of likely N-dealkylation sites (N-methyl/N-ethyl adjacent to an activating group) is 2. The summed E-state index contributed by atoms with van der Waals surface area (Å²) in [5.41, 5.74) is 0. The number of hydrogen-bond acceptors (Lipinski definition) is 4. The zero-order valence-electron chi connectivity index (χ0n) is 12.0. The van der Waals surface area contributed by atoms with Crippen molar-refractivity contribution in [3.63, 3.8) is 0 Å². The first-order chi connectivity index (χ1) is 8.84. The van der Waals surface area contributed by atoms with E-state index < -0.39 is 12.0 Å². The maximum absolute atomic E-state index is 12.2. The first-order valence-electron chi connectivity index (χ1n) is 6.03. The minimum atomic E-state index is -0.588. The molecule has 0 spiro atoms. The topological polar surface area (TPSA) is 66.9 Å². The number of carbonyl (C=O) groups excluding carboxylic acids is 3. The van der Waals surface area contributed by atoms with Gasteiger partial charge in [0.25, 0.3) is 0 Å². The van der Waals surface area contributed by atoms with E-state index in [4.69, 9.17) is 4.74 Å². The summed E-state index contributed by atoms with van der Waals surface area (Å²) in [6.07, 6.45) is 2.06. The number of hydrogen-bond donors (Lipinski definition) is 0. The fourth-order valence-corrected chi connectivity index (χ4v) is 1.69. The van der Waals surface area contributed by atoms with Crippen LogP contribution in [0.3, 0.4) is 0 Å². The second-order valence-electron chi connectivity index (χ2n) is 4.63. The number of amides is 2. The Balaban J connectivity index is 4.63. The molecular weight excluding hydrogens is 248 g/mol. The van der Waals surface area contributed by atoms with Crippen LogP contribution in [0.2, 0.25) is 0 Å². The molecule has 0 fully saturated rings. The zero-order valence-corrected chi connectivity index (χ0v) is 12.0. The molecular formula is C13H22N2O4. The van der Waals surface area contributed by atoms with Crippen LogP contribution in [-0.2, 0) is 19.1 Å². The van der Waals surface area contributed by atoms with Gasteiger partial charge < -0.3 is 14.5 Å². The van der Waals surface area contributed by atoms with Crippen LogP contribution in [0, 0.1) is 5.92 Å². The van der Waals surface area contributed by atoms with Crippen molar-refractivity contribution in [2.75, 3.05) is 27.2 Å². The van der Waals surface area contributed by atoms with Crippen LogP contribution in [0.25, 0.3) is 0 Å². The van der Waals surface area contributed by atoms with Gasteiger partial charge in [0.05, 0.1) is 0 Å². The Bertz CT molecular complexity index is 342. The standard InChI is InChI=1S/C13H22N2O4/c1-6-7-19-11(17)8-14(4)13(18)12(10(2)3)15(5)9-16/h6,9-10,12H,1,7-8H2,2-5H3. The van der Waals surface area contributed by atoms with Crippen LogP contribution in [0.4, 0.5) is 0 Å². The van der Waals surface area contributed by atoms with Crippen molar-refractivity contribution in [3.05, 3.63) is 12.7 Å². The highest BCUT2D eigenvalue weighted by molar-refractivity contribution is 5.87. The summed E-state index contributed by atoms with van der Waals surface area (Å²) in [7, 11) is 3.05. The summed E-state index contributed by atoms with van der Waals surface area (Å²) in [6.45, 7) is 7.07. The van der Waals surface area contributed by atoms with E-state index in [9.17, 15) is 14.4 Å². The Kier molecular flexibility index (Phi) is 7.48. The monoisotopic (exact) mass is 270 g/mol. The molecule has 0 heterocycles. The van der Waals surface area contributed by atoms with Crippen molar-refractivity contribution in [3.8, 4) is 0 Å². The second kappa shape index (κ2) is 8.29. The Hall–Kier alpha value is -1.85. The molecule has 0 N–H and O–H groups in total. The summed E-state index contributed by atoms with van der Waals surface area (Å²) in [6, 6.07) is -0.588. The predicted octanol–water partition coefficient (Wildman–Crippen LogP) is 0.287. The average Bonchev–Trinajstić information content (AvgIpc) is 2.35. The van der Waals surface area contributed by atoms with E-state index in [2.05, 4.69) is 6.58 Å². The molecule has 0 aromatic carbocycles. The molecule has 0 aliphatic heterocycles. The Morgan fingerprint density at radius 3 is 2.32 bits per heavy atom. The van der Waals surface area contributed by atoms with Crippen LogP contribution >= 0.6 is 0 Å². The van der Waals surface area contributed by atoms with E-state index in [1.54, 1.807) is 7.05 Å². The smallest absolute Gasteiger partial charge is 0.325 e. The summed E-state index contributed by atoms with van der Waals surface area (Å²) in [4.78, 5) is 37.0. The van der Waals surface area contributed by atoms with E-state index in [-0.39, 0.29) is 25.0 Å². The van der Waals surface area contributed by atoms with Gasteiger partial charge in [-0.1, -0.05) is 26.5 Å². The highest BCUT2D eigenvalue weighted by Gasteiger charge is 2.29. The lowest BCUT2D eigenvalue weighted by Crippen LogP contribution is -2.49. The molecule has 0 radical (unpaired) electrons. The third-order valence-corrected chi connectivity index (χ3v) is 2.59. The van der Waals surface area contributed by atoms with Gasteiger partial charge in [-0.3, -0.25) is 14.4 Å². The minimum Gasteiger partial charge on any atom is -0.460 e. The van der Waals surface area contributed by atoms with Crippen molar-refractivity contribution >= 4 is 18.3 Å². The fourth-order valence-electron chi connectivity index (χ4n) is 1.69. The van der Waals surface area contributed by atoms with E-state index >= 15 is 0 Å². The molecule has 1 atom stereocenters. The minimum absolute atomic E-state index is 0.0469. The van der Waals surface area contributed by atoms with Crippen molar-refractivity contribution in [1.29, 1.82) is 0 Å². The van der Waals surface area contributed by atoms with Crippen LogP contribution < -0.4 is 0 Å². The lowest BCUT2D eigenvalue weighted by molar-refractivity contribution is -0.150. The highest BCUT2D eigenvalue weighted by Crippen LogP contribution is 2.10. The first-order valence-corrected chi connectivity index (χ1v) is 6.03. The third kappa shape index (κ3) is 5.54. The van der Waals surface area contributed by atoms with E-state index in [1.165, 1.54) is 22.9 Å². The quantitative estimate of drug-likeness (QED) is 0.361. The SMILES string of the molecule is C=CCOC(=O)CN(C)C(=O)C(C(C)C)N(C)C=O. The van der Waals surface area contributed by atoms with Crippen LogP contribution in [-0.4, -0.2) is 61.4 Å². The first kappa shape index (κ1) is 17.2. The Morgan fingerprint density at radius 2 is 1.89 bits per heavy atom. The number of carbonyl (C=O) groups is 3. The van der Waals surface area contributed by atoms with Crippen molar-refractivity contribution in [1.82, 2.24) is 9.80 Å². The number of rotatable bonds is 8. The molecule has 108 valence electrons. The lowest BCUT2D eigenvalue weighted by atomic mass is 10.0. The largest absolute Gasteiger partial charge is 0.460 e. The summed E-state index contributed by atoms with van der Waals surface area (Å²) >= 11 is 0. The predicted molar refractivity (Wildman–Crippen MR) is 71.2 cm³/mol. The maximum atomic E-state index is 12.2. The molecule has 0 aliphatic carbocycles. The molecule has 0 aromatic rings. The molecule has 1 unspecified atom stereocenters. The van der Waals surface area contributed by atoms with E-state index in [0.29, 0.717) is 6.41 Å². The molecule has 6 nitrogen and oxygen atoms in total. The second-order valence-corrected chi connectivity index (χ2v) is 4.63. The van der Waals surface area contributed by atoms with Crippen molar-refractivity contribution < 1.29 is 19.1 Å². The number of esters is 1. The van der Waals surface area contributed by atoms with Crippen molar-refractivity contribution in [2.45, 2.75) is 19.9 Å². The van der Waals surface area contributed by atoms with Crippen LogP contribution in [0.5, 0.6) is 0 Å². The van der Waals surface area contributed by atoms with Gasteiger partial charge in [-0.05, 0) is 5.92 Å². The number of nitrogens with zero attached hydrogens (tertiary/aromatic N) is 2. The molecule has 0 saturated carbocycles. The molecule has 0 aliphatic rings. The molecule has 0 rings (SSSR count). The van der Waals surface area contributed by atoms with Gasteiger partial charge in [-0.15, -0.1) is 0 Å². The normalized spacial score (nSPS) is 11.6. The van der Waals surface area contributed by atoms with Gasteiger partial charge in [-0.25, -0.2) is 0 Å². The Labute approximate surface area is 114 Å². The molecule has 0 bridgehead atoms. The van der Waals surface area contributed by atoms with Gasteiger partial charge in [0.1, 0.15) is 19.2 Å². The van der Waals surface area contributed by atoms with Gasteiger partial charge in [0.15, 0.2) is 0 Å². The highest BCUT2D eigenvalue weighted by atomic mass is 16.5. The average molecular weight is 270 g/mol. The van der Waals surface area contributed by atoms with Gasteiger partial charge in [0.2, 0.25) is 12.3 Å². The molecule has 2 amide bonds. The summed E-state index contributed by atoms with van der Waals surface area (Å²) < 4.78 is 4.80. The summed E-state index contributed by atoms with van der Waals surface area (Å²) in [5, 5.41) is 0. The molecule has 6 heteroatoms. The molecule has 19 heavy (non-hydrogen) atoms. The Morgan fingerprint density at radius 1 is 1.32 bits per heavy atom. The van der Waals surface area contributed by atoms with E-state index in [0.717, 1.165) is 0 Å². The maximum Gasteiger partial charge on any atom is 0.325 e. The third-order valence-electron chi connectivity index (χ3n) is 2.59. The lowest BCUT2D eigenvalue weighted by Gasteiger charge is -2.30. The molecule has 0 saturated heterocycles. The van der Waals surface area contributed by atoms with Gasteiger partial charge in [0, 0.05) is 14.1 Å². The molecule has 0 aromatic heterocycles. The van der Waals surface area contributed by atoms with Crippen LogP contribution in [0.15, 0.2) is 12.7 Å². The fraction of sp³-hybridized carbons (Fsp3) is 0.615. The van der Waals surface area contributed by atoms with Gasteiger partial charge >= 0.3 is 5.97 Å².